The SMILES string of the molecule is CCCCCCOc1ccc(C(=O)NNC(=O)c2cccc(OC)c2OC)cc1. The van der Waals surface area contributed by atoms with Crippen molar-refractivity contribution in [2.75, 3.05) is 20.8 Å². The predicted octanol–water partition coefficient (Wildman–Crippen LogP) is 3.74. The average Bonchev–Trinajstić information content (AvgIpc) is 2.76. The normalized spacial score (nSPS) is 10.2. The molecule has 0 heterocycles. The van der Waals surface area contributed by atoms with Gasteiger partial charge in [-0.2, -0.15) is 0 Å². The van der Waals surface area contributed by atoms with E-state index in [2.05, 4.69) is 17.8 Å². The van der Waals surface area contributed by atoms with E-state index in [1.807, 2.05) is 0 Å². The number of nitrogens with one attached hydrogen (secondary N) is 2. The number of unbranched alkanes of at least 4 members (excludes halogenated alkanes) is 3. The summed E-state index contributed by atoms with van der Waals surface area (Å²) >= 11 is 0. The Labute approximate surface area is 171 Å². The Hall–Kier alpha value is -3.22. The van der Waals surface area contributed by atoms with Crippen LogP contribution in [-0.2, 0) is 0 Å². The van der Waals surface area contributed by atoms with Crippen LogP contribution in [-0.4, -0.2) is 32.6 Å². The van der Waals surface area contributed by atoms with Gasteiger partial charge in [-0.1, -0.05) is 32.3 Å². The van der Waals surface area contributed by atoms with Gasteiger partial charge in [-0.05, 0) is 42.8 Å². The zero-order valence-electron chi connectivity index (χ0n) is 17.1. The highest BCUT2D eigenvalue weighted by Crippen LogP contribution is 2.30. The number of benzene rings is 2. The fourth-order valence-electron chi connectivity index (χ4n) is 2.74. The van der Waals surface area contributed by atoms with Crippen LogP contribution in [0.5, 0.6) is 17.2 Å². The van der Waals surface area contributed by atoms with Crippen molar-refractivity contribution in [3.63, 3.8) is 0 Å². The minimum Gasteiger partial charge on any atom is -0.494 e. The van der Waals surface area contributed by atoms with E-state index >= 15 is 0 Å². The second kappa shape index (κ2) is 11.6. The number of carbonyl (C=O) groups excluding carboxylic acids is 2. The van der Waals surface area contributed by atoms with E-state index in [9.17, 15) is 9.59 Å². The quantitative estimate of drug-likeness (QED) is 0.469. The molecule has 2 aromatic rings. The van der Waals surface area contributed by atoms with Crippen molar-refractivity contribution in [3.8, 4) is 17.2 Å². The van der Waals surface area contributed by atoms with Gasteiger partial charge < -0.3 is 14.2 Å². The molecule has 0 aliphatic heterocycles. The van der Waals surface area contributed by atoms with Gasteiger partial charge in [-0.25, -0.2) is 0 Å². The topological polar surface area (TPSA) is 85.9 Å². The van der Waals surface area contributed by atoms with Crippen LogP contribution >= 0.6 is 0 Å². The molecule has 7 nitrogen and oxygen atoms in total. The van der Waals surface area contributed by atoms with Crippen molar-refractivity contribution in [2.24, 2.45) is 0 Å². The van der Waals surface area contributed by atoms with E-state index in [1.165, 1.54) is 27.1 Å². The van der Waals surface area contributed by atoms with E-state index in [0.29, 0.717) is 29.4 Å². The van der Waals surface area contributed by atoms with Gasteiger partial charge >= 0.3 is 0 Å². The first-order valence-corrected chi connectivity index (χ1v) is 9.65. The standard InChI is InChI=1S/C22H28N2O5/c1-4-5-6-7-15-29-17-13-11-16(12-14-17)21(25)23-24-22(26)18-9-8-10-19(27-2)20(18)28-3/h8-14H,4-7,15H2,1-3H3,(H,23,25)(H,24,26). The number of hydrogen-bond acceptors (Lipinski definition) is 5. The molecule has 0 aliphatic carbocycles. The molecular formula is C22H28N2O5. The van der Waals surface area contributed by atoms with Crippen LogP contribution in [0.2, 0.25) is 0 Å². The van der Waals surface area contributed by atoms with Crippen LogP contribution in [0.3, 0.4) is 0 Å². The van der Waals surface area contributed by atoms with Crippen LogP contribution in [0, 0.1) is 0 Å². The highest BCUT2D eigenvalue weighted by molar-refractivity contribution is 6.01. The van der Waals surface area contributed by atoms with Gasteiger partial charge in [0.15, 0.2) is 11.5 Å². The number of hydrazine groups is 1. The minimum absolute atomic E-state index is 0.249. The molecule has 0 fully saturated rings. The first-order chi connectivity index (χ1) is 14.1. The van der Waals surface area contributed by atoms with E-state index in [0.717, 1.165) is 12.8 Å². The Morgan fingerprint density at radius 3 is 2.24 bits per heavy atom. The lowest BCUT2D eigenvalue weighted by molar-refractivity contribution is 0.0844. The maximum Gasteiger partial charge on any atom is 0.273 e. The summed E-state index contributed by atoms with van der Waals surface area (Å²) in [4.78, 5) is 24.7. The van der Waals surface area contributed by atoms with Crippen LogP contribution in [0.25, 0.3) is 0 Å². The van der Waals surface area contributed by atoms with Crippen molar-refractivity contribution in [3.05, 3.63) is 53.6 Å². The summed E-state index contributed by atoms with van der Waals surface area (Å²) in [6.45, 7) is 2.82. The summed E-state index contributed by atoms with van der Waals surface area (Å²) in [5, 5.41) is 0. The maximum absolute atomic E-state index is 12.4. The lowest BCUT2D eigenvalue weighted by Crippen LogP contribution is -2.41. The Morgan fingerprint density at radius 1 is 0.862 bits per heavy atom. The third kappa shape index (κ3) is 6.41. The third-order valence-electron chi connectivity index (χ3n) is 4.32. The molecule has 0 saturated heterocycles. The zero-order valence-corrected chi connectivity index (χ0v) is 17.1. The number of para-hydroxylation sites is 1. The summed E-state index contributed by atoms with van der Waals surface area (Å²) in [7, 11) is 2.93. The Morgan fingerprint density at radius 2 is 1.59 bits per heavy atom. The van der Waals surface area contributed by atoms with Crippen molar-refractivity contribution in [1.82, 2.24) is 10.9 Å². The van der Waals surface area contributed by atoms with Crippen LogP contribution in [0.15, 0.2) is 42.5 Å². The van der Waals surface area contributed by atoms with Gasteiger partial charge in [0.2, 0.25) is 0 Å². The van der Waals surface area contributed by atoms with Crippen LogP contribution < -0.4 is 25.1 Å². The van der Waals surface area contributed by atoms with Gasteiger partial charge in [-0.3, -0.25) is 20.4 Å². The molecule has 0 saturated carbocycles. The summed E-state index contributed by atoms with van der Waals surface area (Å²) in [5.41, 5.74) is 5.44. The molecule has 2 N–H and O–H groups in total. The summed E-state index contributed by atoms with van der Waals surface area (Å²) < 4.78 is 16.1. The molecule has 0 aromatic heterocycles. The summed E-state index contributed by atoms with van der Waals surface area (Å²) in [6, 6.07) is 11.7. The summed E-state index contributed by atoms with van der Waals surface area (Å²) in [5.74, 6) is 0.484. The number of rotatable bonds is 10. The zero-order chi connectivity index (χ0) is 21.1. The van der Waals surface area contributed by atoms with Gasteiger partial charge in [0, 0.05) is 5.56 Å². The molecule has 0 atom stereocenters. The first kappa shape index (κ1) is 22.1. The monoisotopic (exact) mass is 400 g/mol. The predicted molar refractivity (Wildman–Crippen MR) is 111 cm³/mol. The molecule has 29 heavy (non-hydrogen) atoms. The van der Waals surface area contributed by atoms with Crippen molar-refractivity contribution in [2.45, 2.75) is 32.6 Å². The molecule has 2 amide bonds. The average molecular weight is 400 g/mol. The number of methoxy groups -OCH3 is 2. The van der Waals surface area contributed by atoms with Gasteiger partial charge in [-0.15, -0.1) is 0 Å². The molecule has 2 rings (SSSR count). The van der Waals surface area contributed by atoms with Crippen LogP contribution in [0.1, 0.15) is 53.3 Å². The Bertz CT molecular complexity index is 805. The minimum atomic E-state index is -0.513. The number of amides is 2. The molecule has 156 valence electrons. The molecule has 0 bridgehead atoms. The molecule has 0 aliphatic rings. The van der Waals surface area contributed by atoms with Crippen molar-refractivity contribution < 1.29 is 23.8 Å². The van der Waals surface area contributed by atoms with Crippen LogP contribution in [0.4, 0.5) is 0 Å². The maximum atomic E-state index is 12.4. The number of hydrogen-bond donors (Lipinski definition) is 2. The largest absolute Gasteiger partial charge is 0.494 e. The molecule has 2 aromatic carbocycles. The Balaban J connectivity index is 1.88. The van der Waals surface area contributed by atoms with E-state index < -0.39 is 11.8 Å². The Kier molecular flexibility index (Phi) is 8.82. The van der Waals surface area contributed by atoms with E-state index in [4.69, 9.17) is 14.2 Å². The third-order valence-corrected chi connectivity index (χ3v) is 4.32. The van der Waals surface area contributed by atoms with E-state index in [1.54, 1.807) is 42.5 Å². The van der Waals surface area contributed by atoms with Gasteiger partial charge in [0.1, 0.15) is 5.75 Å². The number of carbonyl (C=O) groups is 2. The second-order valence-electron chi connectivity index (χ2n) is 6.38. The highest BCUT2D eigenvalue weighted by atomic mass is 16.5. The summed E-state index contributed by atoms with van der Waals surface area (Å²) in [6.07, 6.45) is 4.55. The second-order valence-corrected chi connectivity index (χ2v) is 6.38. The highest BCUT2D eigenvalue weighted by Gasteiger charge is 2.17. The molecule has 0 radical (unpaired) electrons. The smallest absolute Gasteiger partial charge is 0.273 e. The van der Waals surface area contributed by atoms with Gasteiger partial charge in [0.25, 0.3) is 11.8 Å². The first-order valence-electron chi connectivity index (χ1n) is 9.65. The molecular weight excluding hydrogens is 372 g/mol. The van der Waals surface area contributed by atoms with Crippen molar-refractivity contribution in [1.29, 1.82) is 0 Å². The van der Waals surface area contributed by atoms with Crippen molar-refractivity contribution >= 4 is 11.8 Å². The molecule has 7 heteroatoms. The van der Waals surface area contributed by atoms with Gasteiger partial charge in [0.05, 0.1) is 26.4 Å². The lowest BCUT2D eigenvalue weighted by atomic mass is 10.1. The lowest BCUT2D eigenvalue weighted by Gasteiger charge is -2.13. The number of ether oxygens (including phenoxy) is 3. The molecule has 0 unspecified atom stereocenters. The molecule has 0 spiro atoms. The fraction of sp³-hybridized carbons (Fsp3) is 0.364. The van der Waals surface area contributed by atoms with E-state index in [-0.39, 0.29) is 5.56 Å². The fourth-order valence-corrected chi connectivity index (χ4v) is 2.74.